The summed E-state index contributed by atoms with van der Waals surface area (Å²) in [7, 11) is 3.90. The van der Waals surface area contributed by atoms with E-state index in [1.165, 1.54) is 0 Å². The number of rotatable bonds is 7. The highest BCUT2D eigenvalue weighted by Gasteiger charge is 2.11. The van der Waals surface area contributed by atoms with Gasteiger partial charge in [0.25, 0.3) is 0 Å². The Hall–Kier alpha value is -1.29. The lowest BCUT2D eigenvalue weighted by atomic mass is 10.1. The summed E-state index contributed by atoms with van der Waals surface area (Å²) in [4.78, 5) is 10.9. The van der Waals surface area contributed by atoms with Gasteiger partial charge in [-0.1, -0.05) is 29.3 Å². The van der Waals surface area contributed by atoms with E-state index in [1.54, 1.807) is 24.4 Å². The van der Waals surface area contributed by atoms with Crippen LogP contribution in [-0.2, 0) is 6.54 Å². The molecule has 2 aromatic rings. The minimum absolute atomic E-state index is 0. The molecule has 0 saturated carbocycles. The molecule has 0 fully saturated rings. The fraction of sp³-hybridized carbons (Fsp3) is 0.368. The van der Waals surface area contributed by atoms with Crippen molar-refractivity contribution in [1.82, 2.24) is 15.6 Å². The molecule has 0 radical (unpaired) electrons. The summed E-state index contributed by atoms with van der Waals surface area (Å²) in [5.74, 6) is 1.49. The van der Waals surface area contributed by atoms with E-state index in [0.717, 1.165) is 11.4 Å². The lowest BCUT2D eigenvalue weighted by Crippen LogP contribution is -2.39. The number of nitrogens with one attached hydrogen (secondary N) is 2. The van der Waals surface area contributed by atoms with Crippen molar-refractivity contribution >= 4 is 59.0 Å². The Morgan fingerprint density at radius 3 is 2.50 bits per heavy atom. The van der Waals surface area contributed by atoms with Gasteiger partial charge in [-0.3, -0.25) is 0 Å². The van der Waals surface area contributed by atoms with E-state index in [-0.39, 0.29) is 30.5 Å². The molecule has 28 heavy (non-hydrogen) atoms. The van der Waals surface area contributed by atoms with Crippen LogP contribution in [0.5, 0.6) is 0 Å². The van der Waals surface area contributed by atoms with Crippen LogP contribution in [0.2, 0.25) is 10.0 Å². The number of guanidine groups is 1. The van der Waals surface area contributed by atoms with Crippen LogP contribution >= 0.6 is 47.2 Å². The van der Waals surface area contributed by atoms with Crippen molar-refractivity contribution in [3.8, 4) is 0 Å². The topological polar surface area (TPSA) is 72.8 Å². The quantitative estimate of drug-likeness (QED) is 0.284. The molecule has 1 unspecified atom stereocenters. The normalized spacial score (nSPS) is 12.1. The summed E-state index contributed by atoms with van der Waals surface area (Å²) in [6, 6.07) is 8.92. The van der Waals surface area contributed by atoms with E-state index in [2.05, 4.69) is 20.6 Å². The number of aliphatic hydroxyl groups is 1. The number of aliphatic hydroxyl groups excluding tert-OH is 1. The molecule has 0 amide bonds. The first kappa shape index (κ1) is 24.7. The average molecular weight is 538 g/mol. The van der Waals surface area contributed by atoms with Crippen molar-refractivity contribution in [3.05, 3.63) is 57.7 Å². The van der Waals surface area contributed by atoms with Gasteiger partial charge in [0.05, 0.1) is 12.6 Å². The fourth-order valence-corrected chi connectivity index (χ4v) is 3.08. The number of aromatic nitrogens is 1. The maximum absolute atomic E-state index is 10.4. The predicted molar refractivity (Wildman–Crippen MR) is 128 cm³/mol. The molecule has 9 heteroatoms. The summed E-state index contributed by atoms with van der Waals surface area (Å²) in [6.07, 6.45) is 0.999. The Morgan fingerprint density at radius 2 is 1.89 bits per heavy atom. The van der Waals surface area contributed by atoms with Crippen LogP contribution in [0.4, 0.5) is 5.82 Å². The van der Waals surface area contributed by atoms with Crippen molar-refractivity contribution in [2.75, 3.05) is 32.1 Å². The van der Waals surface area contributed by atoms with Gasteiger partial charge in [-0.2, -0.15) is 0 Å². The first-order valence-corrected chi connectivity index (χ1v) is 9.43. The Morgan fingerprint density at radius 1 is 1.21 bits per heavy atom. The van der Waals surface area contributed by atoms with Gasteiger partial charge in [-0.05, 0) is 36.8 Å². The van der Waals surface area contributed by atoms with Crippen molar-refractivity contribution in [2.45, 2.75) is 19.6 Å². The van der Waals surface area contributed by atoms with E-state index >= 15 is 0 Å². The number of aliphatic imine (C=N–C) groups is 1. The van der Waals surface area contributed by atoms with Gasteiger partial charge in [0.15, 0.2) is 5.96 Å². The van der Waals surface area contributed by atoms with Crippen LogP contribution in [0.15, 0.2) is 41.5 Å². The van der Waals surface area contributed by atoms with Crippen LogP contribution < -0.4 is 15.5 Å². The lowest BCUT2D eigenvalue weighted by Gasteiger charge is -2.17. The Balaban J connectivity index is 0.00000392. The van der Waals surface area contributed by atoms with E-state index in [0.29, 0.717) is 34.7 Å². The summed E-state index contributed by atoms with van der Waals surface area (Å²) >= 11 is 12.0. The minimum Gasteiger partial charge on any atom is -0.387 e. The van der Waals surface area contributed by atoms with E-state index in [1.807, 2.05) is 38.1 Å². The zero-order valence-electron chi connectivity index (χ0n) is 16.1. The number of halogens is 3. The average Bonchev–Trinajstić information content (AvgIpc) is 2.63. The number of nitrogens with zero attached hydrogens (tertiary/aromatic N) is 3. The van der Waals surface area contributed by atoms with Crippen molar-refractivity contribution < 1.29 is 5.11 Å². The van der Waals surface area contributed by atoms with Gasteiger partial charge in [0.1, 0.15) is 5.82 Å². The molecule has 2 rings (SSSR count). The van der Waals surface area contributed by atoms with E-state index in [4.69, 9.17) is 23.2 Å². The number of pyridine rings is 1. The van der Waals surface area contributed by atoms with Crippen LogP contribution in [0.25, 0.3) is 0 Å². The molecule has 0 bridgehead atoms. The Kier molecular flexibility index (Phi) is 10.9. The summed E-state index contributed by atoms with van der Waals surface area (Å²) in [5.41, 5.74) is 1.67. The highest BCUT2D eigenvalue weighted by molar-refractivity contribution is 14.0. The molecule has 0 aliphatic carbocycles. The van der Waals surface area contributed by atoms with E-state index in [9.17, 15) is 5.11 Å². The summed E-state index contributed by atoms with van der Waals surface area (Å²) in [6.45, 7) is 3.43. The largest absolute Gasteiger partial charge is 0.387 e. The molecule has 1 aromatic carbocycles. The third kappa shape index (κ3) is 7.62. The monoisotopic (exact) mass is 537 g/mol. The standard InChI is InChI=1S/C19H25Cl2N5O.HI/c1-4-22-19(24-11-13-6-5-7-23-18(13)26(2)3)25-12-17(27)14-8-15(20)10-16(21)9-14;/h5-10,17,27H,4,11-12H2,1-3H3,(H2,22,24,25);1H. The molecule has 0 spiro atoms. The van der Waals surface area contributed by atoms with Crippen molar-refractivity contribution in [2.24, 2.45) is 4.99 Å². The van der Waals surface area contributed by atoms with Crippen LogP contribution in [0, 0.1) is 0 Å². The van der Waals surface area contributed by atoms with Crippen LogP contribution in [0.3, 0.4) is 0 Å². The van der Waals surface area contributed by atoms with Crippen molar-refractivity contribution in [1.29, 1.82) is 0 Å². The highest BCUT2D eigenvalue weighted by atomic mass is 127. The molecular formula is C19H26Cl2IN5O. The maximum atomic E-state index is 10.4. The van der Waals surface area contributed by atoms with Gasteiger partial charge < -0.3 is 20.6 Å². The van der Waals surface area contributed by atoms with E-state index < -0.39 is 6.10 Å². The smallest absolute Gasteiger partial charge is 0.191 e. The summed E-state index contributed by atoms with van der Waals surface area (Å²) < 4.78 is 0. The third-order valence-electron chi connectivity index (χ3n) is 3.78. The molecule has 0 aliphatic rings. The predicted octanol–water partition coefficient (Wildman–Crippen LogP) is 3.86. The van der Waals surface area contributed by atoms with Gasteiger partial charge >= 0.3 is 0 Å². The van der Waals surface area contributed by atoms with Crippen LogP contribution in [-0.4, -0.2) is 43.2 Å². The molecule has 6 nitrogen and oxygen atoms in total. The third-order valence-corrected chi connectivity index (χ3v) is 4.21. The minimum atomic E-state index is -0.763. The molecule has 1 heterocycles. The van der Waals surface area contributed by atoms with Crippen molar-refractivity contribution in [3.63, 3.8) is 0 Å². The van der Waals surface area contributed by atoms with Gasteiger partial charge in [0, 0.05) is 49.0 Å². The molecule has 1 aromatic heterocycles. The Bertz CT molecular complexity index is 768. The van der Waals surface area contributed by atoms with Gasteiger partial charge in [-0.25, -0.2) is 9.98 Å². The lowest BCUT2D eigenvalue weighted by molar-refractivity contribution is 0.181. The molecule has 1 atom stereocenters. The summed E-state index contributed by atoms with van der Waals surface area (Å²) in [5, 5.41) is 17.7. The second-order valence-corrected chi connectivity index (χ2v) is 7.05. The maximum Gasteiger partial charge on any atom is 0.191 e. The zero-order chi connectivity index (χ0) is 19.8. The SMILES string of the molecule is CCNC(=NCc1cccnc1N(C)C)NCC(O)c1cc(Cl)cc(Cl)c1.I. The van der Waals surface area contributed by atoms with Gasteiger partial charge in [-0.15, -0.1) is 24.0 Å². The molecule has 0 saturated heterocycles. The number of benzene rings is 1. The zero-order valence-corrected chi connectivity index (χ0v) is 20.0. The molecular weight excluding hydrogens is 512 g/mol. The second-order valence-electron chi connectivity index (χ2n) is 6.18. The molecule has 154 valence electrons. The van der Waals surface area contributed by atoms with Crippen LogP contribution in [0.1, 0.15) is 24.2 Å². The second kappa shape index (κ2) is 12.3. The first-order valence-electron chi connectivity index (χ1n) is 8.68. The highest BCUT2D eigenvalue weighted by Crippen LogP contribution is 2.23. The number of hydrogen-bond donors (Lipinski definition) is 3. The fourth-order valence-electron chi connectivity index (χ4n) is 2.54. The first-order chi connectivity index (χ1) is 12.9. The van der Waals surface area contributed by atoms with Gasteiger partial charge in [0.2, 0.25) is 0 Å². The molecule has 3 N–H and O–H groups in total. The Labute approximate surface area is 193 Å². The molecule has 0 aliphatic heterocycles. The number of hydrogen-bond acceptors (Lipinski definition) is 4. The number of anilines is 1.